The zero-order valence-corrected chi connectivity index (χ0v) is 19.8. The van der Waals surface area contributed by atoms with Crippen LogP contribution in [0.4, 0.5) is 0 Å². The number of hydrogen-bond donors (Lipinski definition) is 6. The van der Waals surface area contributed by atoms with Crippen LogP contribution in [0.25, 0.3) is 0 Å². The summed E-state index contributed by atoms with van der Waals surface area (Å²) in [4.78, 5) is 49.3. The smallest absolute Gasteiger partial charge is 0.326 e. The number of carbonyl (C=O) groups excluding carboxylic acids is 3. The molecule has 0 saturated heterocycles. The van der Waals surface area contributed by atoms with E-state index in [1.807, 2.05) is 27.0 Å². The van der Waals surface area contributed by atoms with E-state index >= 15 is 0 Å². The Labute approximate surface area is 188 Å². The van der Waals surface area contributed by atoms with Gasteiger partial charge in [-0.25, -0.2) is 4.79 Å². The van der Waals surface area contributed by atoms with E-state index in [0.717, 1.165) is 0 Å². The van der Waals surface area contributed by atoms with Crippen molar-refractivity contribution in [2.24, 2.45) is 17.6 Å². The summed E-state index contributed by atoms with van der Waals surface area (Å²) in [6, 6.07) is -4.14. The van der Waals surface area contributed by atoms with Crippen LogP contribution in [0.1, 0.15) is 47.0 Å². The monoisotopic (exact) mass is 462 g/mol. The fraction of sp³-hybridized carbons (Fsp3) is 0.800. The van der Waals surface area contributed by atoms with Gasteiger partial charge in [0.05, 0.1) is 6.61 Å². The predicted octanol–water partition coefficient (Wildman–Crippen LogP) is -0.310. The molecule has 31 heavy (non-hydrogen) atoms. The van der Waals surface area contributed by atoms with Gasteiger partial charge in [-0.3, -0.25) is 14.4 Å². The third-order valence-corrected chi connectivity index (χ3v) is 5.54. The van der Waals surface area contributed by atoms with Crippen LogP contribution < -0.4 is 21.7 Å². The molecule has 0 aromatic heterocycles. The number of carboxylic acid groups (broad SMARTS) is 1. The molecule has 0 saturated carbocycles. The van der Waals surface area contributed by atoms with Gasteiger partial charge in [0.25, 0.3) is 0 Å². The number of carboxylic acids is 1. The average Bonchev–Trinajstić information content (AvgIpc) is 2.71. The highest BCUT2D eigenvalue weighted by Gasteiger charge is 2.32. The normalized spacial score (nSPS) is 16.0. The molecular formula is C20H38N4O6S. The maximum absolute atomic E-state index is 12.9. The first-order valence-corrected chi connectivity index (χ1v) is 11.9. The zero-order valence-electron chi connectivity index (χ0n) is 19.0. The van der Waals surface area contributed by atoms with Gasteiger partial charge >= 0.3 is 5.97 Å². The molecule has 0 radical (unpaired) electrons. The summed E-state index contributed by atoms with van der Waals surface area (Å²) < 4.78 is 0. The highest BCUT2D eigenvalue weighted by atomic mass is 32.2. The first kappa shape index (κ1) is 29.1. The van der Waals surface area contributed by atoms with Crippen molar-refractivity contribution in [2.45, 2.75) is 71.1 Å². The number of nitrogens with two attached hydrogens (primary N) is 1. The van der Waals surface area contributed by atoms with Crippen molar-refractivity contribution < 1.29 is 29.4 Å². The van der Waals surface area contributed by atoms with Crippen LogP contribution in [-0.2, 0) is 19.2 Å². The highest BCUT2D eigenvalue weighted by Crippen LogP contribution is 2.12. The summed E-state index contributed by atoms with van der Waals surface area (Å²) in [6.07, 6.45) is 2.97. The quantitative estimate of drug-likeness (QED) is 0.192. The summed E-state index contributed by atoms with van der Waals surface area (Å²) in [6.45, 7) is 6.82. The van der Waals surface area contributed by atoms with Crippen molar-refractivity contribution in [3.8, 4) is 0 Å². The SMILES string of the molecule is CCC(C)C(NC(=O)C(N)CO)C(=O)NC(CC(C)C)C(=O)NC(CCSC)C(=O)O. The van der Waals surface area contributed by atoms with Crippen molar-refractivity contribution >= 4 is 35.5 Å². The van der Waals surface area contributed by atoms with Crippen molar-refractivity contribution in [3.05, 3.63) is 0 Å². The van der Waals surface area contributed by atoms with Crippen LogP contribution in [0.3, 0.4) is 0 Å². The maximum atomic E-state index is 12.9. The van der Waals surface area contributed by atoms with Gasteiger partial charge in [-0.2, -0.15) is 11.8 Å². The minimum Gasteiger partial charge on any atom is -0.480 e. The Morgan fingerprint density at radius 2 is 1.55 bits per heavy atom. The molecule has 0 aliphatic carbocycles. The van der Waals surface area contributed by atoms with E-state index in [0.29, 0.717) is 18.6 Å². The fourth-order valence-electron chi connectivity index (χ4n) is 2.77. The van der Waals surface area contributed by atoms with Crippen molar-refractivity contribution in [3.63, 3.8) is 0 Å². The molecule has 0 aliphatic heterocycles. The molecule has 0 bridgehead atoms. The standard InChI is InChI=1S/C20H38N4O6S/c1-6-12(4)16(24-17(26)13(21)10-25)19(28)23-15(9-11(2)3)18(27)22-14(20(29)30)7-8-31-5/h11-16,25H,6-10,21H2,1-5H3,(H,22,27)(H,23,28)(H,24,26)(H,29,30). The third-order valence-electron chi connectivity index (χ3n) is 4.89. The molecule has 0 fully saturated rings. The lowest BCUT2D eigenvalue weighted by Crippen LogP contribution is -2.59. The lowest BCUT2D eigenvalue weighted by Gasteiger charge is -2.28. The fourth-order valence-corrected chi connectivity index (χ4v) is 3.25. The van der Waals surface area contributed by atoms with Gasteiger partial charge in [0, 0.05) is 0 Å². The van der Waals surface area contributed by atoms with E-state index < -0.39 is 54.5 Å². The second kappa shape index (κ2) is 15.0. The molecule has 11 heteroatoms. The van der Waals surface area contributed by atoms with Gasteiger partial charge in [0.1, 0.15) is 24.2 Å². The summed E-state index contributed by atoms with van der Waals surface area (Å²) in [5, 5.41) is 26.1. The number of amides is 3. The van der Waals surface area contributed by atoms with E-state index in [4.69, 9.17) is 10.8 Å². The highest BCUT2D eigenvalue weighted by molar-refractivity contribution is 7.98. The van der Waals surface area contributed by atoms with E-state index in [9.17, 15) is 24.3 Å². The molecule has 180 valence electrons. The number of aliphatic hydroxyl groups is 1. The summed E-state index contributed by atoms with van der Waals surface area (Å²) in [5.41, 5.74) is 5.53. The number of rotatable bonds is 15. The second-order valence-electron chi connectivity index (χ2n) is 8.03. The number of nitrogens with one attached hydrogen (secondary N) is 3. The van der Waals surface area contributed by atoms with Gasteiger partial charge < -0.3 is 31.9 Å². The van der Waals surface area contributed by atoms with Crippen LogP contribution in [0, 0.1) is 11.8 Å². The second-order valence-corrected chi connectivity index (χ2v) is 9.02. The number of carbonyl (C=O) groups is 4. The minimum atomic E-state index is -1.16. The number of thioether (sulfide) groups is 1. The summed E-state index contributed by atoms with van der Waals surface area (Å²) >= 11 is 1.47. The molecule has 3 amide bonds. The van der Waals surface area contributed by atoms with Gasteiger partial charge in [0.15, 0.2) is 0 Å². The van der Waals surface area contributed by atoms with Gasteiger partial charge in [-0.15, -0.1) is 0 Å². The molecule has 0 aromatic carbocycles. The molecule has 7 N–H and O–H groups in total. The van der Waals surface area contributed by atoms with Gasteiger partial charge in [-0.1, -0.05) is 34.1 Å². The molecule has 0 aliphatic rings. The largest absolute Gasteiger partial charge is 0.480 e. The molecule has 10 nitrogen and oxygen atoms in total. The minimum absolute atomic E-state index is 0.0463. The zero-order chi connectivity index (χ0) is 24.1. The predicted molar refractivity (Wildman–Crippen MR) is 120 cm³/mol. The topological polar surface area (TPSA) is 171 Å². The van der Waals surface area contributed by atoms with E-state index in [-0.39, 0.29) is 18.3 Å². The Hall–Kier alpha value is -1.85. The maximum Gasteiger partial charge on any atom is 0.326 e. The Balaban J connectivity index is 5.47. The van der Waals surface area contributed by atoms with Crippen LogP contribution in [-0.4, -0.2) is 76.7 Å². The van der Waals surface area contributed by atoms with Crippen molar-refractivity contribution in [2.75, 3.05) is 18.6 Å². The molecule has 0 rings (SSSR count). The third kappa shape index (κ3) is 10.8. The molecular weight excluding hydrogens is 424 g/mol. The number of aliphatic hydroxyl groups excluding tert-OH is 1. The van der Waals surface area contributed by atoms with Crippen LogP contribution in [0.15, 0.2) is 0 Å². The van der Waals surface area contributed by atoms with Crippen molar-refractivity contribution in [1.29, 1.82) is 0 Å². The van der Waals surface area contributed by atoms with Crippen LogP contribution in [0.2, 0.25) is 0 Å². The van der Waals surface area contributed by atoms with Crippen molar-refractivity contribution in [1.82, 2.24) is 16.0 Å². The van der Waals surface area contributed by atoms with Gasteiger partial charge in [-0.05, 0) is 36.7 Å². The summed E-state index contributed by atoms with van der Waals surface area (Å²) in [7, 11) is 0. The van der Waals surface area contributed by atoms with E-state index in [1.165, 1.54) is 11.8 Å². The Bertz CT molecular complexity index is 604. The lowest BCUT2D eigenvalue weighted by molar-refractivity contribution is -0.142. The Morgan fingerprint density at radius 1 is 0.968 bits per heavy atom. The van der Waals surface area contributed by atoms with Gasteiger partial charge in [0.2, 0.25) is 17.7 Å². The van der Waals surface area contributed by atoms with E-state index in [2.05, 4.69) is 16.0 Å². The van der Waals surface area contributed by atoms with Crippen LogP contribution in [0.5, 0.6) is 0 Å². The molecule has 5 unspecified atom stereocenters. The molecule has 0 spiro atoms. The Kier molecular flexibility index (Phi) is 14.1. The molecule has 0 heterocycles. The average molecular weight is 463 g/mol. The summed E-state index contributed by atoms with van der Waals surface area (Å²) in [5.74, 6) is -2.61. The number of aliphatic carboxylic acids is 1. The first-order chi connectivity index (χ1) is 14.5. The lowest BCUT2D eigenvalue weighted by atomic mass is 9.96. The molecule has 5 atom stereocenters. The van der Waals surface area contributed by atoms with Crippen LogP contribution >= 0.6 is 11.8 Å². The molecule has 0 aromatic rings. The number of hydrogen-bond acceptors (Lipinski definition) is 7. The Morgan fingerprint density at radius 3 is 2.00 bits per heavy atom. The first-order valence-electron chi connectivity index (χ1n) is 10.5. The van der Waals surface area contributed by atoms with E-state index in [1.54, 1.807) is 6.92 Å².